The van der Waals surface area contributed by atoms with Crippen LogP contribution in [0.25, 0.3) is 0 Å². The Hall–Kier alpha value is -2.09. The molecule has 0 unspecified atom stereocenters. The lowest BCUT2D eigenvalue weighted by Crippen LogP contribution is -2.39. The van der Waals surface area contributed by atoms with E-state index in [1.807, 2.05) is 19.1 Å². The molecule has 0 bridgehead atoms. The van der Waals surface area contributed by atoms with Crippen LogP contribution in [0.15, 0.2) is 53.4 Å². The number of anilines is 1. The van der Waals surface area contributed by atoms with Crippen molar-refractivity contribution < 1.29 is 13.2 Å². The molecular weight excluding hydrogens is 410 g/mol. The van der Waals surface area contributed by atoms with Crippen LogP contribution < -0.4 is 10.6 Å². The minimum absolute atomic E-state index is 0.258. The SMILES string of the molecule is Cc1ccc(S(=O)(=O)N2CCC(CCNC(=O)Nc3ccc(Cl)cc3)CC2)cc1. The minimum atomic E-state index is -3.43. The molecular formula is C21H26ClN3O3S. The molecule has 0 aromatic heterocycles. The van der Waals surface area contributed by atoms with Crippen molar-refractivity contribution in [3.8, 4) is 0 Å². The zero-order valence-electron chi connectivity index (χ0n) is 16.4. The molecule has 1 fully saturated rings. The third-order valence-corrected chi connectivity index (χ3v) is 7.34. The first-order chi connectivity index (χ1) is 13.8. The van der Waals surface area contributed by atoms with Gasteiger partial charge in [-0.2, -0.15) is 4.31 Å². The fourth-order valence-electron chi connectivity index (χ4n) is 3.40. The van der Waals surface area contributed by atoms with Crippen molar-refractivity contribution in [3.05, 3.63) is 59.1 Å². The van der Waals surface area contributed by atoms with Crippen LogP contribution in [0.2, 0.25) is 5.02 Å². The van der Waals surface area contributed by atoms with Gasteiger partial charge in [-0.1, -0.05) is 29.3 Å². The fraction of sp³-hybridized carbons (Fsp3) is 0.381. The monoisotopic (exact) mass is 435 g/mol. The summed E-state index contributed by atoms with van der Waals surface area (Å²) < 4.78 is 27.1. The summed E-state index contributed by atoms with van der Waals surface area (Å²) in [5.74, 6) is 0.398. The molecule has 2 aromatic carbocycles. The van der Waals surface area contributed by atoms with E-state index in [1.165, 1.54) is 0 Å². The summed E-state index contributed by atoms with van der Waals surface area (Å²) in [6.07, 6.45) is 2.42. The molecule has 156 valence electrons. The maximum Gasteiger partial charge on any atom is 0.319 e. The minimum Gasteiger partial charge on any atom is -0.338 e. The van der Waals surface area contributed by atoms with E-state index in [4.69, 9.17) is 11.6 Å². The number of hydrogen-bond acceptors (Lipinski definition) is 3. The number of aryl methyl sites for hydroxylation is 1. The summed E-state index contributed by atoms with van der Waals surface area (Å²) in [6.45, 7) is 3.51. The van der Waals surface area contributed by atoms with E-state index in [1.54, 1.807) is 40.7 Å². The van der Waals surface area contributed by atoms with Gasteiger partial charge in [0.05, 0.1) is 4.90 Å². The molecule has 1 heterocycles. The Kier molecular flexibility index (Phi) is 7.16. The van der Waals surface area contributed by atoms with Crippen molar-refractivity contribution in [2.45, 2.75) is 31.1 Å². The Balaban J connectivity index is 1.41. The zero-order valence-corrected chi connectivity index (χ0v) is 18.0. The van der Waals surface area contributed by atoms with Gasteiger partial charge in [-0.25, -0.2) is 13.2 Å². The Bertz CT molecular complexity index is 923. The summed E-state index contributed by atoms with van der Waals surface area (Å²) >= 11 is 5.83. The normalized spacial score (nSPS) is 15.8. The van der Waals surface area contributed by atoms with Crippen LogP contribution in [0.3, 0.4) is 0 Å². The lowest BCUT2D eigenvalue weighted by atomic mass is 9.95. The quantitative estimate of drug-likeness (QED) is 0.711. The highest BCUT2D eigenvalue weighted by atomic mass is 35.5. The number of halogens is 1. The van der Waals surface area contributed by atoms with Crippen LogP contribution in [-0.4, -0.2) is 38.4 Å². The third kappa shape index (κ3) is 5.95. The highest BCUT2D eigenvalue weighted by molar-refractivity contribution is 7.89. The summed E-state index contributed by atoms with van der Waals surface area (Å²) in [5.41, 5.74) is 1.72. The average molecular weight is 436 g/mol. The number of amides is 2. The molecule has 0 saturated carbocycles. The molecule has 1 aliphatic heterocycles. The smallest absolute Gasteiger partial charge is 0.319 e. The van der Waals surface area contributed by atoms with Gasteiger partial charge in [0.15, 0.2) is 0 Å². The number of rotatable bonds is 6. The van der Waals surface area contributed by atoms with Gasteiger partial charge in [-0.15, -0.1) is 0 Å². The van der Waals surface area contributed by atoms with Crippen molar-refractivity contribution in [1.82, 2.24) is 9.62 Å². The van der Waals surface area contributed by atoms with Gasteiger partial charge in [0.2, 0.25) is 10.0 Å². The first-order valence-electron chi connectivity index (χ1n) is 9.72. The topological polar surface area (TPSA) is 78.5 Å². The zero-order chi connectivity index (χ0) is 20.9. The average Bonchev–Trinajstić information content (AvgIpc) is 2.70. The van der Waals surface area contributed by atoms with E-state index in [0.717, 1.165) is 24.8 Å². The van der Waals surface area contributed by atoms with Gasteiger partial charge in [0, 0.05) is 30.3 Å². The molecule has 3 rings (SSSR count). The molecule has 2 N–H and O–H groups in total. The Morgan fingerprint density at radius 1 is 1.07 bits per heavy atom. The lowest BCUT2D eigenvalue weighted by Gasteiger charge is -2.31. The number of benzene rings is 2. The molecule has 2 amide bonds. The van der Waals surface area contributed by atoms with Gasteiger partial charge in [-0.3, -0.25) is 0 Å². The molecule has 0 radical (unpaired) electrons. The molecule has 1 saturated heterocycles. The van der Waals surface area contributed by atoms with Crippen LogP contribution in [0.1, 0.15) is 24.8 Å². The summed E-state index contributed by atoms with van der Waals surface area (Å²) in [4.78, 5) is 12.3. The van der Waals surface area contributed by atoms with Gasteiger partial charge in [-0.05, 0) is 68.5 Å². The van der Waals surface area contributed by atoms with E-state index >= 15 is 0 Å². The van der Waals surface area contributed by atoms with Crippen LogP contribution >= 0.6 is 11.6 Å². The number of carbonyl (C=O) groups excluding carboxylic acids is 1. The second kappa shape index (κ2) is 9.61. The van der Waals surface area contributed by atoms with E-state index in [9.17, 15) is 13.2 Å². The number of urea groups is 1. The van der Waals surface area contributed by atoms with Gasteiger partial charge < -0.3 is 10.6 Å². The first kappa shape index (κ1) is 21.6. The largest absolute Gasteiger partial charge is 0.338 e. The number of piperidine rings is 1. The molecule has 29 heavy (non-hydrogen) atoms. The maximum atomic E-state index is 12.8. The highest BCUT2D eigenvalue weighted by Gasteiger charge is 2.29. The van der Waals surface area contributed by atoms with Gasteiger partial charge in [0.1, 0.15) is 0 Å². The van der Waals surface area contributed by atoms with Crippen LogP contribution in [0, 0.1) is 12.8 Å². The lowest BCUT2D eigenvalue weighted by molar-refractivity contribution is 0.245. The van der Waals surface area contributed by atoms with Crippen molar-refractivity contribution in [3.63, 3.8) is 0 Å². The maximum absolute atomic E-state index is 12.8. The number of nitrogens with one attached hydrogen (secondary N) is 2. The number of nitrogens with zero attached hydrogens (tertiary/aromatic N) is 1. The molecule has 1 aliphatic rings. The Morgan fingerprint density at radius 3 is 2.31 bits per heavy atom. The fourth-order valence-corrected chi connectivity index (χ4v) is 4.99. The molecule has 6 nitrogen and oxygen atoms in total. The van der Waals surface area contributed by atoms with Crippen molar-refractivity contribution in [2.24, 2.45) is 5.92 Å². The van der Waals surface area contributed by atoms with Crippen molar-refractivity contribution >= 4 is 33.3 Å². The van der Waals surface area contributed by atoms with E-state index in [-0.39, 0.29) is 6.03 Å². The van der Waals surface area contributed by atoms with E-state index in [0.29, 0.717) is 41.2 Å². The van der Waals surface area contributed by atoms with Gasteiger partial charge >= 0.3 is 6.03 Å². The molecule has 0 aliphatic carbocycles. The van der Waals surface area contributed by atoms with Crippen molar-refractivity contribution in [2.75, 3.05) is 25.0 Å². The van der Waals surface area contributed by atoms with Crippen molar-refractivity contribution in [1.29, 1.82) is 0 Å². The van der Waals surface area contributed by atoms with Crippen LogP contribution in [0.5, 0.6) is 0 Å². The standard InChI is InChI=1S/C21H26ClN3O3S/c1-16-2-8-20(9-3-16)29(27,28)25-14-11-17(12-15-25)10-13-23-21(26)24-19-6-4-18(22)5-7-19/h2-9,17H,10-15H2,1H3,(H2,23,24,26). The van der Waals surface area contributed by atoms with E-state index < -0.39 is 10.0 Å². The number of carbonyl (C=O) groups is 1. The third-order valence-electron chi connectivity index (χ3n) is 5.17. The summed E-state index contributed by atoms with van der Waals surface area (Å²) in [5, 5.41) is 6.23. The Morgan fingerprint density at radius 2 is 1.69 bits per heavy atom. The highest BCUT2D eigenvalue weighted by Crippen LogP contribution is 2.25. The summed E-state index contributed by atoms with van der Waals surface area (Å²) in [6, 6.07) is 13.6. The van der Waals surface area contributed by atoms with Gasteiger partial charge in [0.25, 0.3) is 0 Å². The number of sulfonamides is 1. The predicted molar refractivity (Wildman–Crippen MR) is 116 cm³/mol. The second-order valence-electron chi connectivity index (χ2n) is 7.34. The molecule has 8 heteroatoms. The first-order valence-corrected chi connectivity index (χ1v) is 11.5. The Labute approximate surface area is 177 Å². The second-order valence-corrected chi connectivity index (χ2v) is 9.71. The molecule has 0 atom stereocenters. The predicted octanol–water partition coefficient (Wildman–Crippen LogP) is 4.26. The summed E-state index contributed by atoms with van der Waals surface area (Å²) in [7, 11) is -3.43. The number of hydrogen-bond donors (Lipinski definition) is 2. The van der Waals surface area contributed by atoms with Crippen LogP contribution in [0.4, 0.5) is 10.5 Å². The van der Waals surface area contributed by atoms with E-state index in [2.05, 4.69) is 10.6 Å². The van der Waals surface area contributed by atoms with Crippen LogP contribution in [-0.2, 0) is 10.0 Å². The molecule has 2 aromatic rings. The molecule has 0 spiro atoms.